The van der Waals surface area contributed by atoms with Crippen molar-refractivity contribution in [3.8, 4) is 0 Å². The van der Waals surface area contributed by atoms with Crippen molar-refractivity contribution in [2.75, 3.05) is 7.11 Å². The molecule has 0 radical (unpaired) electrons. The van der Waals surface area contributed by atoms with E-state index in [9.17, 15) is 17.9 Å². The van der Waals surface area contributed by atoms with Crippen molar-refractivity contribution in [1.82, 2.24) is 0 Å². The summed E-state index contributed by atoms with van der Waals surface area (Å²) in [5, 5.41) is 9.52. The number of benzene rings is 1. The van der Waals surface area contributed by atoms with Crippen LogP contribution in [-0.4, -0.2) is 20.6 Å². The molecule has 100 valence electrons. The first-order valence-electron chi connectivity index (χ1n) is 4.71. The number of hydrogen-bond donors (Lipinski definition) is 2. The minimum Gasteiger partial charge on any atom is -0.504 e. The smallest absolute Gasteiger partial charge is 0.314 e. The monoisotopic (exact) mass is 277 g/mol. The van der Waals surface area contributed by atoms with Gasteiger partial charge in [-0.15, -0.1) is 0 Å². The number of ether oxygens (including phenoxy) is 1. The van der Waals surface area contributed by atoms with Crippen LogP contribution >= 0.6 is 0 Å². The van der Waals surface area contributed by atoms with Gasteiger partial charge in [0, 0.05) is 5.56 Å². The molecule has 0 aromatic heterocycles. The van der Waals surface area contributed by atoms with Crippen LogP contribution in [0.4, 0.5) is 4.39 Å². The van der Waals surface area contributed by atoms with Gasteiger partial charge in [-0.05, 0) is 23.8 Å². The maximum atomic E-state index is 13.3. The molecule has 1 unspecified atom stereocenters. The van der Waals surface area contributed by atoms with Gasteiger partial charge in [0.05, 0.1) is 13.4 Å². The summed E-state index contributed by atoms with van der Waals surface area (Å²) in [5.41, 5.74) is -2.00. The Bertz CT molecular complexity index is 543. The van der Waals surface area contributed by atoms with Gasteiger partial charge in [-0.1, -0.05) is 6.07 Å². The van der Waals surface area contributed by atoms with Crippen LogP contribution in [0.1, 0.15) is 16.6 Å². The van der Waals surface area contributed by atoms with Crippen LogP contribution in [0.15, 0.2) is 24.5 Å². The lowest BCUT2D eigenvalue weighted by atomic mass is 10.1. The first kappa shape index (κ1) is 14.6. The molecule has 0 aliphatic rings. The minimum atomic E-state index is -4.35. The van der Waals surface area contributed by atoms with Gasteiger partial charge < -0.3 is 9.84 Å². The van der Waals surface area contributed by atoms with E-state index in [1.165, 1.54) is 19.4 Å². The summed E-state index contributed by atoms with van der Waals surface area (Å²) in [4.78, 5) is 0. The van der Waals surface area contributed by atoms with E-state index in [-0.39, 0.29) is 11.1 Å². The number of methoxy groups -OCH3 is 1. The SMILES string of the molecule is CO/C=C/c1cc(C(O)S(=O)(=O)ON)ccc1F. The molecule has 0 spiro atoms. The van der Waals surface area contributed by atoms with Crippen molar-refractivity contribution in [2.24, 2.45) is 5.90 Å². The van der Waals surface area contributed by atoms with Gasteiger partial charge in [0.25, 0.3) is 0 Å². The fourth-order valence-electron chi connectivity index (χ4n) is 1.20. The van der Waals surface area contributed by atoms with Crippen molar-refractivity contribution in [3.05, 3.63) is 41.4 Å². The number of aliphatic hydroxyl groups excluding tert-OH is 1. The molecule has 0 saturated heterocycles. The molecule has 3 N–H and O–H groups in total. The fraction of sp³-hybridized carbons (Fsp3) is 0.200. The van der Waals surface area contributed by atoms with Gasteiger partial charge >= 0.3 is 10.1 Å². The highest BCUT2D eigenvalue weighted by Gasteiger charge is 2.25. The van der Waals surface area contributed by atoms with Crippen LogP contribution in [-0.2, 0) is 19.1 Å². The highest BCUT2D eigenvalue weighted by Crippen LogP contribution is 2.23. The maximum Gasteiger partial charge on any atom is 0.314 e. The molecule has 0 aliphatic heterocycles. The average Bonchev–Trinajstić information content (AvgIpc) is 2.37. The molecular formula is C10H12FNO5S. The quantitative estimate of drug-likeness (QED) is 0.605. The average molecular weight is 277 g/mol. The Hall–Kier alpha value is -1.48. The van der Waals surface area contributed by atoms with Crippen LogP contribution < -0.4 is 5.90 Å². The molecule has 0 amide bonds. The van der Waals surface area contributed by atoms with Crippen molar-refractivity contribution >= 4 is 16.2 Å². The third-order valence-electron chi connectivity index (χ3n) is 2.10. The van der Waals surface area contributed by atoms with Crippen LogP contribution in [0.2, 0.25) is 0 Å². The van der Waals surface area contributed by atoms with Crippen molar-refractivity contribution in [2.45, 2.75) is 5.44 Å². The molecule has 18 heavy (non-hydrogen) atoms. The second-order valence-corrected chi connectivity index (χ2v) is 4.89. The van der Waals surface area contributed by atoms with E-state index in [4.69, 9.17) is 0 Å². The van der Waals surface area contributed by atoms with Gasteiger partial charge in [0.1, 0.15) is 5.82 Å². The third kappa shape index (κ3) is 3.26. The molecule has 6 nitrogen and oxygen atoms in total. The Morgan fingerprint density at radius 1 is 1.50 bits per heavy atom. The second-order valence-electron chi connectivity index (χ2n) is 3.26. The first-order valence-corrected chi connectivity index (χ1v) is 6.18. The van der Waals surface area contributed by atoms with E-state index in [1.54, 1.807) is 0 Å². The summed E-state index contributed by atoms with van der Waals surface area (Å²) < 4.78 is 44.0. The van der Waals surface area contributed by atoms with Gasteiger partial charge in [-0.2, -0.15) is 18.6 Å². The predicted molar refractivity (Wildman–Crippen MR) is 61.6 cm³/mol. The zero-order valence-electron chi connectivity index (χ0n) is 9.41. The molecule has 0 bridgehead atoms. The summed E-state index contributed by atoms with van der Waals surface area (Å²) >= 11 is 0. The Morgan fingerprint density at radius 3 is 2.72 bits per heavy atom. The number of aliphatic hydroxyl groups is 1. The summed E-state index contributed by atoms with van der Waals surface area (Å²) in [6.45, 7) is 0. The largest absolute Gasteiger partial charge is 0.504 e. The Morgan fingerprint density at radius 2 is 2.17 bits per heavy atom. The highest BCUT2D eigenvalue weighted by atomic mass is 32.2. The predicted octanol–water partition coefficient (Wildman–Crippen LogP) is 0.654. The summed E-state index contributed by atoms with van der Waals surface area (Å²) in [5.74, 6) is 3.94. The first-order chi connectivity index (χ1) is 8.42. The topological polar surface area (TPSA) is 98.8 Å². The molecule has 0 aliphatic carbocycles. The minimum absolute atomic E-state index is 0.0561. The van der Waals surface area contributed by atoms with Crippen LogP contribution in [0.5, 0.6) is 0 Å². The molecule has 1 aromatic rings. The zero-order chi connectivity index (χ0) is 13.8. The molecule has 0 saturated carbocycles. The third-order valence-corrected chi connectivity index (χ3v) is 3.18. The highest BCUT2D eigenvalue weighted by molar-refractivity contribution is 7.86. The lowest BCUT2D eigenvalue weighted by molar-refractivity contribution is 0.217. The van der Waals surface area contributed by atoms with Gasteiger partial charge in [0.15, 0.2) is 0 Å². The van der Waals surface area contributed by atoms with Crippen molar-refractivity contribution in [3.63, 3.8) is 0 Å². The van der Waals surface area contributed by atoms with Gasteiger partial charge in [-0.3, -0.25) is 0 Å². The van der Waals surface area contributed by atoms with Crippen LogP contribution in [0.25, 0.3) is 6.08 Å². The van der Waals surface area contributed by atoms with E-state index >= 15 is 0 Å². The number of hydrogen-bond acceptors (Lipinski definition) is 6. The van der Waals surface area contributed by atoms with E-state index in [0.717, 1.165) is 18.2 Å². The zero-order valence-corrected chi connectivity index (χ0v) is 10.2. The molecule has 1 rings (SSSR count). The normalized spacial score (nSPS) is 13.8. The molecular weight excluding hydrogens is 265 g/mol. The van der Waals surface area contributed by atoms with Gasteiger partial charge in [0.2, 0.25) is 5.44 Å². The Balaban J connectivity index is 3.16. The fourth-order valence-corrected chi connectivity index (χ4v) is 1.79. The molecule has 1 aromatic carbocycles. The summed E-state index contributed by atoms with van der Waals surface area (Å²) in [6, 6.07) is 3.27. The van der Waals surface area contributed by atoms with Crippen LogP contribution in [0, 0.1) is 5.82 Å². The maximum absolute atomic E-state index is 13.3. The van der Waals surface area contributed by atoms with E-state index in [0.29, 0.717) is 0 Å². The Labute approximate surface area is 104 Å². The second kappa shape index (κ2) is 5.91. The molecule has 8 heteroatoms. The van der Waals surface area contributed by atoms with Gasteiger partial charge in [-0.25, -0.2) is 4.39 Å². The lowest BCUT2D eigenvalue weighted by Crippen LogP contribution is -2.19. The number of nitrogens with two attached hydrogens (primary N) is 1. The summed E-state index contributed by atoms with van der Waals surface area (Å²) in [7, 11) is -2.97. The van der Waals surface area contributed by atoms with E-state index in [2.05, 4.69) is 14.9 Å². The molecule has 0 heterocycles. The Kier molecular flexibility index (Phi) is 4.79. The summed E-state index contributed by atoms with van der Waals surface area (Å²) in [6.07, 6.45) is 2.49. The van der Waals surface area contributed by atoms with E-state index in [1.807, 2.05) is 0 Å². The number of rotatable bonds is 5. The van der Waals surface area contributed by atoms with Crippen molar-refractivity contribution < 1.29 is 26.9 Å². The number of halogens is 1. The van der Waals surface area contributed by atoms with Crippen molar-refractivity contribution in [1.29, 1.82) is 0 Å². The molecule has 0 fully saturated rings. The lowest BCUT2D eigenvalue weighted by Gasteiger charge is -2.10. The van der Waals surface area contributed by atoms with Crippen LogP contribution in [0.3, 0.4) is 0 Å². The van der Waals surface area contributed by atoms with E-state index < -0.39 is 21.4 Å². The standard InChI is InChI=1S/C10H12FNO5S/c1-16-5-4-7-6-8(2-3-9(7)11)10(13)18(14,15)17-12/h2-6,10,13H,12H2,1H3/b5-4+. The molecule has 1 atom stereocenters.